The summed E-state index contributed by atoms with van der Waals surface area (Å²) in [6.07, 6.45) is 3.19. The molecule has 0 spiro atoms. The second-order valence-electron chi connectivity index (χ2n) is 10.2. The van der Waals surface area contributed by atoms with Gasteiger partial charge >= 0.3 is 0 Å². The lowest BCUT2D eigenvalue weighted by atomic mass is 10.1. The van der Waals surface area contributed by atoms with Crippen molar-refractivity contribution >= 4 is 38.2 Å². The quantitative estimate of drug-likeness (QED) is 0.203. The van der Waals surface area contributed by atoms with Crippen LogP contribution >= 0.6 is 0 Å². The molecule has 2 aromatic carbocycles. The molecule has 4 N–H and O–H groups in total. The summed E-state index contributed by atoms with van der Waals surface area (Å²) in [6.45, 7) is 2.28. The number of sulfonamides is 1. The van der Waals surface area contributed by atoms with E-state index in [9.17, 15) is 26.4 Å². The molecule has 228 valence electrons. The fourth-order valence-corrected chi connectivity index (χ4v) is 6.37. The number of nitrogens with one attached hydrogen (secondary N) is 2. The number of aromatic amines is 1. The highest BCUT2D eigenvalue weighted by molar-refractivity contribution is 7.93. The molecular weight excluding hydrogens is 601 g/mol. The molecule has 11 nitrogen and oxygen atoms in total. The first kappa shape index (κ1) is 29.2. The Kier molecular flexibility index (Phi) is 7.51. The average molecular weight is 627 g/mol. The molecule has 1 fully saturated rings. The zero-order valence-corrected chi connectivity index (χ0v) is 23.9. The smallest absolute Gasteiger partial charge is 0.235 e. The molecule has 1 aliphatic heterocycles. The number of H-pyrrole nitrogens is 1. The number of halogens is 3. The van der Waals surface area contributed by atoms with Gasteiger partial charge in [-0.3, -0.25) is 9.52 Å². The number of carbonyl (C=O) groups is 1. The summed E-state index contributed by atoms with van der Waals surface area (Å²) in [5.74, 6) is -3.82. The third-order valence-corrected chi connectivity index (χ3v) is 9.13. The first-order valence-corrected chi connectivity index (χ1v) is 14.9. The van der Waals surface area contributed by atoms with Crippen molar-refractivity contribution in [2.45, 2.75) is 25.0 Å². The van der Waals surface area contributed by atoms with E-state index in [0.29, 0.717) is 48.2 Å². The van der Waals surface area contributed by atoms with E-state index in [2.05, 4.69) is 19.8 Å². The Labute approximate surface area is 248 Å². The Morgan fingerprint density at radius 1 is 1.09 bits per heavy atom. The van der Waals surface area contributed by atoms with Gasteiger partial charge in [-0.1, -0.05) is 6.07 Å². The van der Waals surface area contributed by atoms with E-state index >= 15 is 0 Å². The van der Waals surface area contributed by atoms with Gasteiger partial charge in [-0.25, -0.2) is 31.3 Å². The van der Waals surface area contributed by atoms with Crippen molar-refractivity contribution in [2.24, 2.45) is 0 Å². The van der Waals surface area contributed by atoms with Crippen molar-refractivity contribution in [2.75, 3.05) is 23.7 Å². The molecule has 4 heterocycles. The lowest BCUT2D eigenvalue weighted by Gasteiger charge is -2.22. The number of para-hydroxylation sites is 1. The van der Waals surface area contributed by atoms with Crippen LogP contribution in [-0.2, 0) is 14.8 Å². The number of nitrogens with two attached hydrogens (primary N) is 1. The number of carbonyl (C=O) groups excluding carboxylic acids is 1. The minimum atomic E-state index is -3.86. The molecule has 0 bridgehead atoms. The average Bonchev–Trinajstić information content (AvgIpc) is 3.58. The van der Waals surface area contributed by atoms with Gasteiger partial charge in [0.2, 0.25) is 27.4 Å². The van der Waals surface area contributed by atoms with E-state index in [0.717, 1.165) is 18.2 Å². The Morgan fingerprint density at radius 2 is 1.82 bits per heavy atom. The van der Waals surface area contributed by atoms with Crippen LogP contribution in [0.5, 0.6) is 11.6 Å². The standard InChI is InChI=1S/C29H25F3N6O5S/c1-15-9-26(43-28-19(30)3-2-4-20(28)31)34-14-25(15)38-29(33)18(13-35-38)27(39)24-11-16-10-21(32)23(12-22(16)36-24)37-44(40,41)17-5-7-42-8-6-17/h2-4,9-14,17,36-37H,5-8,33H2,1H3. The number of nitrogen functional groups attached to an aromatic ring is 1. The first-order chi connectivity index (χ1) is 21.0. The number of benzene rings is 2. The number of anilines is 2. The zero-order valence-electron chi connectivity index (χ0n) is 23.1. The van der Waals surface area contributed by atoms with Crippen LogP contribution in [0.25, 0.3) is 16.6 Å². The van der Waals surface area contributed by atoms with Crippen molar-refractivity contribution in [3.8, 4) is 17.3 Å². The molecular formula is C29H25F3N6O5S. The van der Waals surface area contributed by atoms with Crippen molar-refractivity contribution in [3.05, 3.63) is 89.1 Å². The van der Waals surface area contributed by atoms with E-state index < -0.39 is 44.3 Å². The predicted molar refractivity (Wildman–Crippen MR) is 155 cm³/mol. The third-order valence-electron chi connectivity index (χ3n) is 7.28. The predicted octanol–water partition coefficient (Wildman–Crippen LogP) is 5.00. The van der Waals surface area contributed by atoms with Crippen molar-refractivity contribution < 1.29 is 35.9 Å². The van der Waals surface area contributed by atoms with Crippen molar-refractivity contribution in [3.63, 3.8) is 0 Å². The molecule has 6 rings (SSSR count). The molecule has 0 aliphatic carbocycles. The van der Waals surface area contributed by atoms with E-state index in [1.807, 2.05) is 0 Å². The number of pyridine rings is 1. The van der Waals surface area contributed by atoms with Gasteiger partial charge in [-0.05, 0) is 55.7 Å². The topological polar surface area (TPSA) is 154 Å². The van der Waals surface area contributed by atoms with Crippen LogP contribution in [0, 0.1) is 24.4 Å². The van der Waals surface area contributed by atoms with Gasteiger partial charge in [0.1, 0.15) is 11.6 Å². The molecule has 15 heteroatoms. The maximum atomic E-state index is 14.9. The summed E-state index contributed by atoms with van der Waals surface area (Å²) in [6, 6.07) is 8.60. The van der Waals surface area contributed by atoms with Crippen LogP contribution in [0.3, 0.4) is 0 Å². The zero-order chi connectivity index (χ0) is 31.2. The summed E-state index contributed by atoms with van der Waals surface area (Å²) in [7, 11) is -3.86. The monoisotopic (exact) mass is 626 g/mol. The van der Waals surface area contributed by atoms with E-state index in [4.69, 9.17) is 15.2 Å². The normalized spacial score (nSPS) is 14.2. The Hall–Kier alpha value is -4.89. The van der Waals surface area contributed by atoms with E-state index in [1.165, 1.54) is 41.3 Å². The Balaban J connectivity index is 1.24. The van der Waals surface area contributed by atoms with Crippen LogP contribution < -0.4 is 15.2 Å². The van der Waals surface area contributed by atoms with Crippen molar-refractivity contribution in [1.29, 1.82) is 0 Å². The maximum Gasteiger partial charge on any atom is 0.235 e. The number of nitrogens with zero attached hydrogens (tertiary/aromatic N) is 3. The minimum absolute atomic E-state index is 0.0246. The number of rotatable bonds is 8. The van der Waals surface area contributed by atoms with Gasteiger partial charge in [0, 0.05) is 30.2 Å². The summed E-state index contributed by atoms with van der Waals surface area (Å²) in [5.41, 5.74) is 7.38. The SMILES string of the molecule is Cc1cc(Oc2c(F)cccc2F)ncc1-n1ncc(C(=O)c2cc3cc(F)c(NS(=O)(=O)C4CCOCC4)cc3[nH]2)c1N. The van der Waals surface area contributed by atoms with Crippen LogP contribution in [0.4, 0.5) is 24.7 Å². The van der Waals surface area contributed by atoms with Crippen molar-refractivity contribution in [1.82, 2.24) is 19.7 Å². The Morgan fingerprint density at radius 3 is 2.52 bits per heavy atom. The highest BCUT2D eigenvalue weighted by Gasteiger charge is 2.29. The largest absolute Gasteiger partial charge is 0.433 e. The molecule has 1 aliphatic rings. The molecule has 0 unspecified atom stereocenters. The first-order valence-electron chi connectivity index (χ1n) is 13.4. The molecule has 1 saturated heterocycles. The summed E-state index contributed by atoms with van der Waals surface area (Å²) in [4.78, 5) is 20.4. The minimum Gasteiger partial charge on any atom is -0.433 e. The number of hydrogen-bond donors (Lipinski definition) is 3. The molecule has 44 heavy (non-hydrogen) atoms. The summed E-state index contributed by atoms with van der Waals surface area (Å²) >= 11 is 0. The molecule has 0 amide bonds. The maximum absolute atomic E-state index is 14.9. The van der Waals surface area contributed by atoms with E-state index in [1.54, 1.807) is 6.92 Å². The number of aromatic nitrogens is 4. The molecule has 0 saturated carbocycles. The summed E-state index contributed by atoms with van der Waals surface area (Å²) < 4.78 is 82.6. The van der Waals surface area contributed by atoms with Gasteiger partial charge in [-0.2, -0.15) is 5.10 Å². The number of hydrogen-bond acceptors (Lipinski definition) is 8. The van der Waals surface area contributed by atoms with Gasteiger partial charge < -0.3 is 20.2 Å². The fourth-order valence-electron chi connectivity index (χ4n) is 4.93. The lowest BCUT2D eigenvalue weighted by molar-refractivity contribution is 0.0984. The molecule has 5 aromatic rings. The van der Waals surface area contributed by atoms with E-state index in [-0.39, 0.29) is 28.6 Å². The molecule has 3 aromatic heterocycles. The van der Waals surface area contributed by atoms with Crippen LogP contribution in [0.1, 0.15) is 34.5 Å². The number of aryl methyl sites for hydroxylation is 1. The van der Waals surface area contributed by atoms with Gasteiger partial charge in [-0.15, -0.1) is 0 Å². The highest BCUT2D eigenvalue weighted by atomic mass is 32.2. The molecule has 0 radical (unpaired) electrons. The van der Waals surface area contributed by atoms with Gasteiger partial charge in [0.05, 0.1) is 40.3 Å². The second kappa shape index (κ2) is 11.3. The second-order valence-corrected chi connectivity index (χ2v) is 12.2. The van der Waals surface area contributed by atoms with Gasteiger partial charge in [0.15, 0.2) is 11.6 Å². The summed E-state index contributed by atoms with van der Waals surface area (Å²) in [5, 5.41) is 3.85. The highest BCUT2D eigenvalue weighted by Crippen LogP contribution is 2.30. The Bertz CT molecular complexity index is 2000. The fraction of sp³-hybridized carbons (Fsp3) is 0.207. The lowest BCUT2D eigenvalue weighted by Crippen LogP contribution is -2.33. The van der Waals surface area contributed by atoms with Crippen LogP contribution in [0.2, 0.25) is 0 Å². The number of ketones is 1. The van der Waals surface area contributed by atoms with Crippen LogP contribution in [0.15, 0.2) is 54.9 Å². The molecule has 0 atom stereocenters. The van der Waals surface area contributed by atoms with Gasteiger partial charge in [0.25, 0.3) is 0 Å². The third kappa shape index (κ3) is 5.46. The van der Waals surface area contributed by atoms with Crippen LogP contribution in [-0.4, -0.2) is 52.4 Å². The number of ether oxygens (including phenoxy) is 2. The number of fused-ring (bicyclic) bond motifs is 1.